The average Bonchev–Trinajstić information content (AvgIpc) is 1.98. The molecular formula is C7H11N3OS. The average molecular weight is 185 g/mol. The number of hydrogen-bond acceptors (Lipinski definition) is 4. The van der Waals surface area contributed by atoms with Gasteiger partial charge in [0, 0.05) is 0 Å². The zero-order chi connectivity index (χ0) is 9.14. The summed E-state index contributed by atoms with van der Waals surface area (Å²) in [5.41, 5.74) is 6.00. The van der Waals surface area contributed by atoms with E-state index in [1.165, 1.54) is 6.33 Å². The van der Waals surface area contributed by atoms with Gasteiger partial charge in [0.1, 0.15) is 5.69 Å². The Bertz CT molecular complexity index is 321. The van der Waals surface area contributed by atoms with Gasteiger partial charge in [0.05, 0.1) is 12.4 Å². The number of H-pyrrole nitrogens is 1. The summed E-state index contributed by atoms with van der Waals surface area (Å²) in [5.74, 6) is 0.491. The van der Waals surface area contributed by atoms with Gasteiger partial charge in [0.2, 0.25) is 5.88 Å². The third-order valence-electron chi connectivity index (χ3n) is 1.21. The molecule has 0 saturated carbocycles. The maximum Gasteiger partial charge on any atom is 0.219 e. The molecule has 0 radical (unpaired) electrons. The molecule has 0 fully saturated rings. The number of ether oxygens (including phenoxy) is 1. The maximum atomic E-state index is 5.61. The van der Waals surface area contributed by atoms with Gasteiger partial charge in [-0.3, -0.25) is 0 Å². The van der Waals surface area contributed by atoms with Gasteiger partial charge in [-0.1, -0.05) is 12.2 Å². The first-order valence-corrected chi connectivity index (χ1v) is 4.02. The molecule has 66 valence electrons. The summed E-state index contributed by atoms with van der Waals surface area (Å²) in [6.45, 7) is 3.83. The Balaban J connectivity index is 3.00. The van der Waals surface area contributed by atoms with Crippen LogP contribution in [0.1, 0.15) is 13.8 Å². The van der Waals surface area contributed by atoms with Gasteiger partial charge in [-0.25, -0.2) is 4.98 Å². The fourth-order valence-corrected chi connectivity index (χ4v) is 0.873. The SMILES string of the molecule is CC(C)Oc1[nH]cnc(=S)c1N. The first kappa shape index (κ1) is 8.99. The Hall–Kier alpha value is -1.10. The van der Waals surface area contributed by atoms with E-state index in [1.807, 2.05) is 13.8 Å². The lowest BCUT2D eigenvalue weighted by Gasteiger charge is -2.10. The molecule has 5 heteroatoms. The van der Waals surface area contributed by atoms with Crippen LogP contribution in [0.25, 0.3) is 0 Å². The van der Waals surface area contributed by atoms with Crippen molar-refractivity contribution in [3.8, 4) is 5.88 Å². The number of nitrogen functional groups attached to an aromatic ring is 1. The summed E-state index contributed by atoms with van der Waals surface area (Å²) < 4.78 is 5.70. The van der Waals surface area contributed by atoms with Crippen molar-refractivity contribution >= 4 is 17.9 Å². The summed E-state index contributed by atoms with van der Waals surface area (Å²) in [6, 6.07) is 0. The molecule has 0 amide bonds. The van der Waals surface area contributed by atoms with Crippen molar-refractivity contribution in [1.29, 1.82) is 0 Å². The molecule has 0 saturated heterocycles. The summed E-state index contributed by atoms with van der Waals surface area (Å²) in [6.07, 6.45) is 1.54. The highest BCUT2D eigenvalue weighted by atomic mass is 32.1. The molecule has 1 aromatic heterocycles. The molecule has 0 unspecified atom stereocenters. The molecule has 0 aliphatic carbocycles. The fourth-order valence-electron chi connectivity index (χ4n) is 0.727. The van der Waals surface area contributed by atoms with Gasteiger partial charge in [-0.15, -0.1) is 0 Å². The van der Waals surface area contributed by atoms with E-state index in [-0.39, 0.29) is 6.10 Å². The van der Waals surface area contributed by atoms with Crippen molar-refractivity contribution in [1.82, 2.24) is 9.97 Å². The van der Waals surface area contributed by atoms with Crippen LogP contribution in [-0.4, -0.2) is 16.1 Å². The number of nitrogens with two attached hydrogens (primary N) is 1. The van der Waals surface area contributed by atoms with Gasteiger partial charge in [-0.05, 0) is 13.8 Å². The highest BCUT2D eigenvalue weighted by Crippen LogP contribution is 2.17. The van der Waals surface area contributed by atoms with Crippen LogP contribution >= 0.6 is 12.2 Å². The molecule has 12 heavy (non-hydrogen) atoms. The Labute approximate surface area is 75.8 Å². The van der Waals surface area contributed by atoms with Gasteiger partial charge in [-0.2, -0.15) is 0 Å². The zero-order valence-electron chi connectivity index (χ0n) is 7.00. The number of hydrogen-bond donors (Lipinski definition) is 2. The molecule has 1 heterocycles. The molecule has 4 nitrogen and oxygen atoms in total. The zero-order valence-corrected chi connectivity index (χ0v) is 7.81. The third-order valence-corrected chi connectivity index (χ3v) is 1.53. The van der Waals surface area contributed by atoms with Gasteiger partial charge < -0.3 is 15.5 Å². The Morgan fingerprint density at radius 3 is 2.92 bits per heavy atom. The van der Waals surface area contributed by atoms with Crippen LogP contribution in [0.3, 0.4) is 0 Å². The van der Waals surface area contributed by atoms with Crippen LogP contribution in [0.4, 0.5) is 5.69 Å². The first-order valence-electron chi connectivity index (χ1n) is 3.61. The number of nitrogens with one attached hydrogen (secondary N) is 1. The lowest BCUT2D eigenvalue weighted by Crippen LogP contribution is -2.09. The van der Waals surface area contributed by atoms with Crippen LogP contribution in [-0.2, 0) is 0 Å². The minimum atomic E-state index is 0.0698. The van der Waals surface area contributed by atoms with Crippen molar-refractivity contribution in [2.75, 3.05) is 5.73 Å². The second-order valence-electron chi connectivity index (χ2n) is 2.62. The van der Waals surface area contributed by atoms with E-state index in [0.29, 0.717) is 16.2 Å². The smallest absolute Gasteiger partial charge is 0.219 e. The van der Waals surface area contributed by atoms with Crippen molar-refractivity contribution in [2.24, 2.45) is 0 Å². The fraction of sp³-hybridized carbons (Fsp3) is 0.429. The van der Waals surface area contributed by atoms with E-state index in [4.69, 9.17) is 22.7 Å². The predicted molar refractivity (Wildman–Crippen MR) is 49.6 cm³/mol. The Morgan fingerprint density at radius 1 is 1.67 bits per heavy atom. The molecule has 1 rings (SSSR count). The summed E-state index contributed by atoms with van der Waals surface area (Å²) in [7, 11) is 0. The standard InChI is InChI=1S/C7H11N3OS/c1-4(2)11-6-5(8)7(12)10-3-9-6/h3-4H,8H2,1-2H3,(H,9,10,12). The van der Waals surface area contributed by atoms with E-state index in [1.54, 1.807) is 0 Å². The number of anilines is 1. The molecule has 0 atom stereocenters. The second kappa shape index (κ2) is 3.53. The van der Waals surface area contributed by atoms with Crippen molar-refractivity contribution in [3.63, 3.8) is 0 Å². The van der Waals surface area contributed by atoms with Gasteiger partial charge in [0.25, 0.3) is 0 Å². The largest absolute Gasteiger partial charge is 0.475 e. The lowest BCUT2D eigenvalue weighted by atomic mass is 10.4. The van der Waals surface area contributed by atoms with E-state index in [0.717, 1.165) is 0 Å². The lowest BCUT2D eigenvalue weighted by molar-refractivity contribution is 0.233. The molecule has 0 aromatic carbocycles. The Kier molecular flexibility index (Phi) is 2.65. The second-order valence-corrected chi connectivity index (χ2v) is 3.00. The molecule has 0 aliphatic rings. The molecule has 1 aromatic rings. The number of nitrogens with zero attached hydrogens (tertiary/aromatic N) is 1. The quantitative estimate of drug-likeness (QED) is 0.685. The van der Waals surface area contributed by atoms with Crippen LogP contribution in [0, 0.1) is 4.64 Å². The van der Waals surface area contributed by atoms with Crippen molar-refractivity contribution in [3.05, 3.63) is 11.0 Å². The molecule has 0 spiro atoms. The number of aromatic amines is 1. The maximum absolute atomic E-state index is 5.61. The molecule has 3 N–H and O–H groups in total. The summed E-state index contributed by atoms with van der Waals surface area (Å²) in [4.78, 5) is 6.58. The molecule has 0 bridgehead atoms. The molecule has 0 aliphatic heterocycles. The normalized spacial score (nSPS) is 10.2. The summed E-state index contributed by atoms with van der Waals surface area (Å²) >= 11 is 4.86. The minimum Gasteiger partial charge on any atom is -0.475 e. The van der Waals surface area contributed by atoms with Gasteiger partial charge >= 0.3 is 0 Å². The van der Waals surface area contributed by atoms with E-state index in [9.17, 15) is 0 Å². The summed E-state index contributed by atoms with van der Waals surface area (Å²) in [5, 5.41) is 0. The molecular weight excluding hydrogens is 174 g/mol. The first-order chi connectivity index (χ1) is 5.61. The minimum absolute atomic E-state index is 0.0698. The van der Waals surface area contributed by atoms with Crippen LogP contribution in [0.15, 0.2) is 6.33 Å². The number of rotatable bonds is 2. The van der Waals surface area contributed by atoms with Crippen LogP contribution in [0.5, 0.6) is 5.88 Å². The third kappa shape index (κ3) is 1.94. The van der Waals surface area contributed by atoms with Crippen LogP contribution < -0.4 is 10.5 Å². The van der Waals surface area contributed by atoms with Crippen LogP contribution in [0.2, 0.25) is 0 Å². The highest BCUT2D eigenvalue weighted by molar-refractivity contribution is 7.71. The highest BCUT2D eigenvalue weighted by Gasteiger charge is 2.03. The Morgan fingerprint density at radius 2 is 2.33 bits per heavy atom. The monoisotopic (exact) mass is 185 g/mol. The van der Waals surface area contributed by atoms with Gasteiger partial charge in [0.15, 0.2) is 4.64 Å². The topological polar surface area (TPSA) is 63.9 Å². The van der Waals surface area contributed by atoms with Crippen molar-refractivity contribution < 1.29 is 4.74 Å². The van der Waals surface area contributed by atoms with E-state index >= 15 is 0 Å². The predicted octanol–water partition coefficient (Wildman–Crippen LogP) is 1.51. The van der Waals surface area contributed by atoms with E-state index < -0.39 is 0 Å². The number of aromatic nitrogens is 2. The van der Waals surface area contributed by atoms with E-state index in [2.05, 4.69) is 9.97 Å². The van der Waals surface area contributed by atoms with Crippen molar-refractivity contribution in [2.45, 2.75) is 20.0 Å².